The maximum Gasteiger partial charge on any atom is 0.251 e. The van der Waals surface area contributed by atoms with Crippen molar-refractivity contribution in [2.45, 2.75) is 6.42 Å². The zero-order valence-electron chi connectivity index (χ0n) is 13.2. The Morgan fingerprint density at radius 1 is 1.00 bits per heavy atom. The van der Waals surface area contributed by atoms with Crippen molar-refractivity contribution >= 4 is 23.2 Å². The lowest BCUT2D eigenvalue weighted by molar-refractivity contribution is 0.0954. The molecule has 0 aliphatic rings. The van der Waals surface area contributed by atoms with Crippen LogP contribution in [0, 0.1) is 0 Å². The Labute approximate surface area is 140 Å². The second-order valence-electron chi connectivity index (χ2n) is 4.88. The molecule has 0 saturated carbocycles. The first-order valence-corrected chi connectivity index (χ1v) is 8.47. The van der Waals surface area contributed by atoms with Gasteiger partial charge >= 0.3 is 0 Å². The summed E-state index contributed by atoms with van der Waals surface area (Å²) >= 11 is 1.76. The van der Waals surface area contributed by atoms with E-state index in [4.69, 9.17) is 0 Å². The summed E-state index contributed by atoms with van der Waals surface area (Å²) in [4.78, 5) is 17.4. The highest BCUT2D eigenvalue weighted by Crippen LogP contribution is 2.07. The average molecular weight is 330 g/mol. The summed E-state index contributed by atoms with van der Waals surface area (Å²) in [7, 11) is 1.74. The number of guanidine groups is 1. The molecule has 0 radical (unpaired) electrons. The van der Waals surface area contributed by atoms with Crippen LogP contribution in [0.1, 0.15) is 15.2 Å². The first kappa shape index (κ1) is 17.0. The third-order valence-electron chi connectivity index (χ3n) is 3.21. The Balaban J connectivity index is 1.61. The van der Waals surface area contributed by atoms with Gasteiger partial charge < -0.3 is 16.0 Å². The van der Waals surface area contributed by atoms with E-state index in [1.807, 2.05) is 18.2 Å². The summed E-state index contributed by atoms with van der Waals surface area (Å²) in [6, 6.07) is 13.4. The summed E-state index contributed by atoms with van der Waals surface area (Å²) in [5.41, 5.74) is 0.672. The van der Waals surface area contributed by atoms with Gasteiger partial charge in [0.1, 0.15) is 0 Å². The van der Waals surface area contributed by atoms with Gasteiger partial charge in [-0.15, -0.1) is 11.3 Å². The van der Waals surface area contributed by atoms with Crippen LogP contribution in [0.3, 0.4) is 0 Å². The van der Waals surface area contributed by atoms with Gasteiger partial charge in [0.25, 0.3) is 5.91 Å². The minimum Gasteiger partial charge on any atom is -0.356 e. The number of hydrogen-bond donors (Lipinski definition) is 3. The molecule has 0 aliphatic carbocycles. The zero-order chi connectivity index (χ0) is 16.3. The van der Waals surface area contributed by atoms with Gasteiger partial charge in [-0.05, 0) is 30.0 Å². The fourth-order valence-corrected chi connectivity index (χ4v) is 2.74. The molecule has 6 heteroatoms. The minimum absolute atomic E-state index is 0.0620. The molecule has 0 bridgehead atoms. The molecule has 0 unspecified atom stereocenters. The Bertz CT molecular complexity index is 611. The third kappa shape index (κ3) is 6.12. The SMILES string of the molecule is CN=C(NCCNC(=O)c1ccccc1)NCCc1cccs1. The van der Waals surface area contributed by atoms with Crippen LogP contribution in [0.2, 0.25) is 0 Å². The molecule has 0 saturated heterocycles. The van der Waals surface area contributed by atoms with Crippen molar-refractivity contribution in [3.8, 4) is 0 Å². The van der Waals surface area contributed by atoms with E-state index in [0.29, 0.717) is 18.7 Å². The molecule has 1 heterocycles. The molecule has 1 aromatic carbocycles. The maximum absolute atomic E-state index is 11.9. The molecule has 1 amide bonds. The van der Waals surface area contributed by atoms with E-state index in [9.17, 15) is 4.79 Å². The van der Waals surface area contributed by atoms with Gasteiger partial charge in [-0.3, -0.25) is 9.79 Å². The van der Waals surface area contributed by atoms with Gasteiger partial charge in [0.15, 0.2) is 5.96 Å². The van der Waals surface area contributed by atoms with Crippen LogP contribution in [-0.2, 0) is 6.42 Å². The highest BCUT2D eigenvalue weighted by molar-refractivity contribution is 7.09. The molecule has 3 N–H and O–H groups in total. The highest BCUT2D eigenvalue weighted by Gasteiger charge is 2.03. The average Bonchev–Trinajstić information content (AvgIpc) is 3.11. The molecule has 2 rings (SSSR count). The van der Waals surface area contributed by atoms with Crippen molar-refractivity contribution in [2.75, 3.05) is 26.7 Å². The van der Waals surface area contributed by atoms with E-state index in [0.717, 1.165) is 18.9 Å². The number of amides is 1. The molecule has 0 fully saturated rings. The van der Waals surface area contributed by atoms with Crippen LogP contribution in [-0.4, -0.2) is 38.5 Å². The normalized spacial score (nSPS) is 11.1. The topological polar surface area (TPSA) is 65.5 Å². The minimum atomic E-state index is -0.0620. The molecular formula is C17H22N4OS. The standard InChI is InChI=1S/C17H22N4OS/c1-18-17(20-10-9-15-8-5-13-23-15)21-12-11-19-16(22)14-6-3-2-4-7-14/h2-8,13H,9-12H2,1H3,(H,19,22)(H2,18,20,21). The number of aliphatic imine (C=N–C) groups is 1. The smallest absolute Gasteiger partial charge is 0.251 e. The quantitative estimate of drug-likeness (QED) is 0.413. The number of carbonyl (C=O) groups excluding carboxylic acids is 1. The predicted molar refractivity (Wildman–Crippen MR) is 96.2 cm³/mol. The van der Waals surface area contributed by atoms with Crippen LogP contribution in [0.4, 0.5) is 0 Å². The molecule has 0 aliphatic heterocycles. The second kappa shape index (κ2) is 9.63. The maximum atomic E-state index is 11.9. The molecule has 0 atom stereocenters. The lowest BCUT2D eigenvalue weighted by atomic mass is 10.2. The molecule has 122 valence electrons. The zero-order valence-corrected chi connectivity index (χ0v) is 14.0. The number of benzene rings is 1. The largest absolute Gasteiger partial charge is 0.356 e. The summed E-state index contributed by atoms with van der Waals surface area (Å²) in [6.07, 6.45) is 0.975. The molecular weight excluding hydrogens is 308 g/mol. The van der Waals surface area contributed by atoms with Gasteiger partial charge in [0.2, 0.25) is 0 Å². The van der Waals surface area contributed by atoms with Crippen molar-refractivity contribution < 1.29 is 4.79 Å². The number of rotatable bonds is 7. The van der Waals surface area contributed by atoms with E-state index in [2.05, 4.69) is 38.5 Å². The van der Waals surface area contributed by atoms with Crippen LogP contribution < -0.4 is 16.0 Å². The predicted octanol–water partition coefficient (Wildman–Crippen LogP) is 1.89. The molecule has 5 nitrogen and oxygen atoms in total. The first-order chi connectivity index (χ1) is 11.3. The summed E-state index contributed by atoms with van der Waals surface area (Å²) < 4.78 is 0. The fraction of sp³-hybridized carbons (Fsp3) is 0.294. The Kier molecular flexibility index (Phi) is 7.13. The summed E-state index contributed by atoms with van der Waals surface area (Å²) in [6.45, 7) is 1.99. The molecule has 1 aromatic heterocycles. The fourth-order valence-electron chi connectivity index (χ4n) is 2.03. The molecule has 0 spiro atoms. The number of nitrogens with one attached hydrogen (secondary N) is 3. The van der Waals surface area contributed by atoms with Gasteiger partial charge in [-0.1, -0.05) is 24.3 Å². The lowest BCUT2D eigenvalue weighted by Gasteiger charge is -2.12. The van der Waals surface area contributed by atoms with E-state index in [1.54, 1.807) is 30.5 Å². The molecule has 2 aromatic rings. The van der Waals surface area contributed by atoms with Crippen LogP contribution in [0.5, 0.6) is 0 Å². The molecule has 23 heavy (non-hydrogen) atoms. The van der Waals surface area contributed by atoms with Crippen LogP contribution >= 0.6 is 11.3 Å². The van der Waals surface area contributed by atoms with Crippen LogP contribution in [0.25, 0.3) is 0 Å². The Hall–Kier alpha value is -2.34. The van der Waals surface area contributed by atoms with Gasteiger partial charge in [0, 0.05) is 37.1 Å². The van der Waals surface area contributed by atoms with E-state index in [-0.39, 0.29) is 5.91 Å². The Morgan fingerprint density at radius 3 is 2.43 bits per heavy atom. The van der Waals surface area contributed by atoms with Gasteiger partial charge in [-0.2, -0.15) is 0 Å². The lowest BCUT2D eigenvalue weighted by Crippen LogP contribution is -2.42. The van der Waals surface area contributed by atoms with Crippen molar-refractivity contribution in [3.05, 3.63) is 58.3 Å². The van der Waals surface area contributed by atoms with E-state index >= 15 is 0 Å². The van der Waals surface area contributed by atoms with Crippen molar-refractivity contribution in [1.82, 2.24) is 16.0 Å². The van der Waals surface area contributed by atoms with Gasteiger partial charge in [0.05, 0.1) is 0 Å². The van der Waals surface area contributed by atoms with Crippen LogP contribution in [0.15, 0.2) is 52.8 Å². The number of thiophene rings is 1. The van der Waals surface area contributed by atoms with E-state index in [1.165, 1.54) is 4.88 Å². The monoisotopic (exact) mass is 330 g/mol. The van der Waals surface area contributed by atoms with Crippen molar-refractivity contribution in [2.24, 2.45) is 4.99 Å². The first-order valence-electron chi connectivity index (χ1n) is 7.60. The second-order valence-corrected chi connectivity index (χ2v) is 5.91. The van der Waals surface area contributed by atoms with E-state index < -0.39 is 0 Å². The summed E-state index contributed by atoms with van der Waals surface area (Å²) in [5, 5.41) is 11.4. The summed E-state index contributed by atoms with van der Waals surface area (Å²) in [5.74, 6) is 0.684. The van der Waals surface area contributed by atoms with Crippen molar-refractivity contribution in [3.63, 3.8) is 0 Å². The van der Waals surface area contributed by atoms with Crippen molar-refractivity contribution in [1.29, 1.82) is 0 Å². The highest BCUT2D eigenvalue weighted by atomic mass is 32.1. The third-order valence-corrected chi connectivity index (χ3v) is 4.14. The Morgan fingerprint density at radius 2 is 1.74 bits per heavy atom. The number of nitrogens with zero attached hydrogens (tertiary/aromatic N) is 1. The van der Waals surface area contributed by atoms with Gasteiger partial charge in [-0.25, -0.2) is 0 Å². The number of carbonyl (C=O) groups is 1. The number of hydrogen-bond acceptors (Lipinski definition) is 3.